The maximum Gasteiger partial charge on any atom is 0.362 e. The molecule has 8 heteroatoms. The van der Waals surface area contributed by atoms with Crippen molar-refractivity contribution >= 4 is 17.9 Å². The Morgan fingerprint density at radius 2 is 0.966 bits per heavy atom. The lowest BCUT2D eigenvalue weighted by Crippen LogP contribution is -2.50. The van der Waals surface area contributed by atoms with E-state index in [9.17, 15) is 19.5 Å². The van der Waals surface area contributed by atoms with Gasteiger partial charge in [-0.05, 0) is 57.8 Å². The normalized spacial score (nSPS) is 13.7. The number of hydrogen-bond donors (Lipinski definition) is 1. The fraction of sp³-hybridized carbons (Fsp3) is 0.667. The zero-order valence-electron chi connectivity index (χ0n) is 38.2. The third-order valence-corrected chi connectivity index (χ3v) is 9.94. The van der Waals surface area contributed by atoms with Gasteiger partial charge in [-0.15, -0.1) is 0 Å². The van der Waals surface area contributed by atoms with Gasteiger partial charge in [-0.2, -0.15) is 0 Å². The van der Waals surface area contributed by atoms with Crippen LogP contribution in [0.15, 0.2) is 85.1 Å². The highest BCUT2D eigenvalue weighted by Gasteiger charge is 2.31. The van der Waals surface area contributed by atoms with Crippen molar-refractivity contribution in [2.24, 2.45) is 0 Å². The van der Waals surface area contributed by atoms with Gasteiger partial charge in [0.2, 0.25) is 0 Å². The van der Waals surface area contributed by atoms with E-state index in [1.807, 2.05) is 81.9 Å². The first-order valence-corrected chi connectivity index (χ1v) is 23.2. The van der Waals surface area contributed by atoms with Crippen molar-refractivity contribution in [3.05, 3.63) is 85.1 Å². The van der Waals surface area contributed by atoms with E-state index in [0.29, 0.717) is 19.3 Å². The van der Waals surface area contributed by atoms with Gasteiger partial charge in [0.05, 0.1) is 34.4 Å². The largest absolute Gasteiger partial charge is 0.477 e. The second-order valence-electron chi connectivity index (χ2n) is 16.4. The zero-order chi connectivity index (χ0) is 43.5. The number of nitrogens with zero attached hydrogens (tertiary/aromatic N) is 1. The summed E-state index contributed by atoms with van der Waals surface area (Å²) in [6.45, 7) is 4.53. The second kappa shape index (κ2) is 41.3. The van der Waals surface area contributed by atoms with Crippen LogP contribution in [0.5, 0.6) is 0 Å². The van der Waals surface area contributed by atoms with Crippen LogP contribution in [0, 0.1) is 0 Å². The van der Waals surface area contributed by atoms with Crippen molar-refractivity contribution in [2.75, 3.05) is 41.0 Å². The number of carboxylic acids is 1. The Labute approximate surface area is 361 Å². The van der Waals surface area contributed by atoms with Crippen LogP contribution in [-0.2, 0) is 28.6 Å². The molecule has 59 heavy (non-hydrogen) atoms. The lowest BCUT2D eigenvalue weighted by molar-refractivity contribution is -0.887. The highest BCUT2D eigenvalue weighted by molar-refractivity contribution is 5.72. The highest BCUT2D eigenvalue weighted by Crippen LogP contribution is 2.14. The predicted molar refractivity (Wildman–Crippen MR) is 247 cm³/mol. The molecule has 1 N–H and O–H groups in total. The van der Waals surface area contributed by atoms with Crippen LogP contribution in [0.1, 0.15) is 168 Å². The van der Waals surface area contributed by atoms with E-state index in [2.05, 4.69) is 38.2 Å². The summed E-state index contributed by atoms with van der Waals surface area (Å²) in [4.78, 5) is 37.0. The minimum Gasteiger partial charge on any atom is -0.477 e. The number of carbonyl (C=O) groups excluding carboxylic acids is 2. The molecule has 0 aliphatic heterocycles. The van der Waals surface area contributed by atoms with Crippen molar-refractivity contribution in [3.63, 3.8) is 0 Å². The van der Waals surface area contributed by atoms with Gasteiger partial charge in [0.1, 0.15) is 6.61 Å². The second-order valence-corrected chi connectivity index (χ2v) is 16.4. The fourth-order valence-corrected chi connectivity index (χ4v) is 6.35. The zero-order valence-corrected chi connectivity index (χ0v) is 38.2. The molecule has 0 saturated carbocycles. The first-order chi connectivity index (χ1) is 28.6. The summed E-state index contributed by atoms with van der Waals surface area (Å²) in [6, 6.07) is -0.628. The molecule has 0 radical (unpaired) electrons. The Kier molecular flexibility index (Phi) is 38.8. The Balaban J connectivity index is 4.43. The van der Waals surface area contributed by atoms with Gasteiger partial charge in [0.15, 0.2) is 12.1 Å². The number of aliphatic carboxylic acids is 1. The average molecular weight is 825 g/mol. The molecule has 0 rings (SSSR count). The van der Waals surface area contributed by atoms with Crippen molar-refractivity contribution in [3.8, 4) is 0 Å². The monoisotopic (exact) mass is 825 g/mol. The van der Waals surface area contributed by atoms with Crippen molar-refractivity contribution < 1.29 is 38.2 Å². The van der Waals surface area contributed by atoms with Gasteiger partial charge in [0.25, 0.3) is 0 Å². The van der Waals surface area contributed by atoms with Crippen LogP contribution < -0.4 is 0 Å². The van der Waals surface area contributed by atoms with E-state index in [-0.39, 0.29) is 36.2 Å². The van der Waals surface area contributed by atoms with E-state index in [1.165, 1.54) is 70.6 Å². The molecular weight excluding hydrogens is 739 g/mol. The van der Waals surface area contributed by atoms with E-state index in [1.54, 1.807) is 0 Å². The molecule has 2 unspecified atom stereocenters. The van der Waals surface area contributed by atoms with Gasteiger partial charge < -0.3 is 23.8 Å². The van der Waals surface area contributed by atoms with E-state index in [0.717, 1.165) is 64.2 Å². The van der Waals surface area contributed by atoms with Crippen LogP contribution in [0.3, 0.4) is 0 Å². The standard InChI is InChI=1S/C51H85NO7/c1-6-8-10-12-14-16-18-20-22-24-26-28-30-32-34-36-38-40-42-50(54)59-47(45-57-44-43-48(51(55)56)52(3,4)5)46-58-49(53)41-39-37-35-33-31-29-27-25-23-21-19-17-15-13-11-9-7-2/h9,11,13,15,17,19,21,23,25-29,31,47-48H,6-8,10,12,14,16,18,20,22,24,30,32-46H2,1-5H3/p+1/b11-9+,15-13+,19-17+,23-21+,27-25+,28-26+,31-29+. The number of unbranched alkanes of at least 4 members (excludes halogenated alkanes) is 17. The summed E-state index contributed by atoms with van der Waals surface area (Å²) in [5, 5.41) is 9.63. The molecule has 0 amide bonds. The molecule has 0 saturated heterocycles. The Hall–Kier alpha value is -3.49. The first kappa shape index (κ1) is 55.5. The van der Waals surface area contributed by atoms with Gasteiger partial charge in [-0.1, -0.05) is 176 Å². The van der Waals surface area contributed by atoms with E-state index >= 15 is 0 Å². The lowest BCUT2D eigenvalue weighted by Gasteiger charge is -2.31. The Morgan fingerprint density at radius 3 is 1.47 bits per heavy atom. The smallest absolute Gasteiger partial charge is 0.362 e. The molecule has 0 fully saturated rings. The van der Waals surface area contributed by atoms with Gasteiger partial charge >= 0.3 is 17.9 Å². The summed E-state index contributed by atoms with van der Waals surface area (Å²) in [5.41, 5.74) is 0. The lowest BCUT2D eigenvalue weighted by atomic mass is 10.1. The van der Waals surface area contributed by atoms with Crippen LogP contribution in [0.4, 0.5) is 0 Å². The molecular formula is C51H86NO7+. The highest BCUT2D eigenvalue weighted by atomic mass is 16.6. The van der Waals surface area contributed by atoms with Crippen LogP contribution in [-0.4, -0.2) is 80.6 Å². The van der Waals surface area contributed by atoms with Gasteiger partial charge in [0, 0.05) is 19.3 Å². The van der Waals surface area contributed by atoms with Gasteiger partial charge in [-0.25, -0.2) is 4.79 Å². The molecule has 0 aromatic heterocycles. The minimum atomic E-state index is -0.886. The van der Waals surface area contributed by atoms with Crippen molar-refractivity contribution in [1.29, 1.82) is 0 Å². The Morgan fingerprint density at radius 1 is 0.525 bits per heavy atom. The number of quaternary nitrogens is 1. The molecule has 0 aromatic rings. The van der Waals surface area contributed by atoms with Crippen LogP contribution >= 0.6 is 0 Å². The Bertz CT molecular complexity index is 1240. The SMILES string of the molecule is CC/C=C/C=C/C=C/C=C/C=C/C=C/CCCCCC(=O)OCC(COCCC(C(=O)O)[N+](C)(C)C)OC(=O)CCCCCCC/C=C/CCCCCCCCCCC. The number of ether oxygens (including phenoxy) is 3. The summed E-state index contributed by atoms with van der Waals surface area (Å²) >= 11 is 0. The number of likely N-dealkylation sites (N-methyl/N-ethyl adjacent to an activating group) is 1. The summed E-state index contributed by atoms with van der Waals surface area (Å²) in [7, 11) is 5.50. The van der Waals surface area contributed by atoms with E-state index in [4.69, 9.17) is 14.2 Å². The number of esters is 2. The quantitative estimate of drug-likeness (QED) is 0.0216. The molecule has 0 bridgehead atoms. The number of hydrogen-bond acceptors (Lipinski definition) is 6. The molecule has 0 heterocycles. The number of carbonyl (C=O) groups is 3. The molecule has 8 nitrogen and oxygen atoms in total. The van der Waals surface area contributed by atoms with Crippen molar-refractivity contribution in [1.82, 2.24) is 0 Å². The molecule has 0 spiro atoms. The molecule has 0 aromatic carbocycles. The molecule has 336 valence electrons. The number of carboxylic acid groups (broad SMARTS) is 1. The predicted octanol–water partition coefficient (Wildman–Crippen LogP) is 12.9. The number of rotatable bonds is 40. The average Bonchev–Trinajstić information content (AvgIpc) is 3.19. The third-order valence-electron chi connectivity index (χ3n) is 9.94. The minimum absolute atomic E-state index is 0.0384. The molecule has 0 aliphatic rings. The van der Waals surface area contributed by atoms with Crippen LogP contribution in [0.25, 0.3) is 0 Å². The summed E-state index contributed by atoms with van der Waals surface area (Å²) in [5.74, 6) is -1.54. The van der Waals surface area contributed by atoms with Gasteiger partial charge in [-0.3, -0.25) is 9.59 Å². The first-order valence-electron chi connectivity index (χ1n) is 23.2. The molecule has 2 atom stereocenters. The maximum atomic E-state index is 12.8. The maximum absolute atomic E-state index is 12.8. The van der Waals surface area contributed by atoms with E-state index < -0.39 is 18.1 Å². The topological polar surface area (TPSA) is 99.1 Å². The summed E-state index contributed by atoms with van der Waals surface area (Å²) in [6.07, 6.45) is 53.4. The summed E-state index contributed by atoms with van der Waals surface area (Å²) < 4.78 is 17.2. The fourth-order valence-electron chi connectivity index (χ4n) is 6.35. The molecule has 0 aliphatic carbocycles. The van der Waals surface area contributed by atoms with Crippen LogP contribution in [0.2, 0.25) is 0 Å². The number of allylic oxidation sites excluding steroid dienone is 14. The third kappa shape index (κ3) is 39.7. The van der Waals surface area contributed by atoms with Crippen molar-refractivity contribution in [2.45, 2.75) is 180 Å².